The molecule has 1 atom stereocenters. The first-order valence-corrected chi connectivity index (χ1v) is 5.23. The van der Waals surface area contributed by atoms with Crippen molar-refractivity contribution in [3.8, 4) is 12.3 Å². The molecule has 0 aromatic heterocycles. The number of hydrogen-bond acceptors (Lipinski definition) is 3. The van der Waals surface area contributed by atoms with Gasteiger partial charge >= 0.3 is 5.69 Å². The molecule has 0 heterocycles. The number of nitrogens with one attached hydrogen (secondary N) is 1. The van der Waals surface area contributed by atoms with Crippen LogP contribution in [0.2, 0.25) is 0 Å². The summed E-state index contributed by atoms with van der Waals surface area (Å²) >= 11 is 0. The van der Waals surface area contributed by atoms with E-state index in [1.54, 1.807) is 0 Å². The maximum atomic E-state index is 13.3. The Morgan fingerprint density at radius 1 is 1.65 bits per heavy atom. The quantitative estimate of drug-likeness (QED) is 0.486. The molecule has 0 aliphatic rings. The van der Waals surface area contributed by atoms with Gasteiger partial charge in [0.05, 0.1) is 4.92 Å². The zero-order valence-corrected chi connectivity index (χ0v) is 9.44. The number of nitro benzene ring substituents is 1. The summed E-state index contributed by atoms with van der Waals surface area (Å²) in [5.74, 6) is 1.62. The molecule has 1 rings (SSSR count). The lowest BCUT2D eigenvalue weighted by atomic mass is 10.1. The molecule has 1 unspecified atom stereocenters. The van der Waals surface area contributed by atoms with E-state index in [1.807, 2.05) is 6.92 Å². The largest absolute Gasteiger partial charge is 0.376 e. The number of para-hydroxylation sites is 1. The summed E-state index contributed by atoms with van der Waals surface area (Å²) in [6.07, 6.45) is 6.33. The fourth-order valence-corrected chi connectivity index (χ4v) is 1.48. The van der Waals surface area contributed by atoms with E-state index in [2.05, 4.69) is 11.2 Å². The minimum atomic E-state index is -0.851. The predicted octanol–water partition coefficient (Wildman–Crippen LogP) is 2.95. The number of terminal acetylenes is 1. The van der Waals surface area contributed by atoms with E-state index in [0.29, 0.717) is 12.8 Å². The minimum absolute atomic E-state index is 0.0968. The molecule has 0 fully saturated rings. The number of rotatable bonds is 5. The summed E-state index contributed by atoms with van der Waals surface area (Å²) in [5.41, 5.74) is -0.375. The van der Waals surface area contributed by atoms with Gasteiger partial charge in [0.1, 0.15) is 5.69 Å². The standard InChI is InChI=1S/C12H13FN2O2/c1-3-6-9(4-2)14-11-8-5-7-10(13)12(11)15(16)17/h1,5,7-9,14H,4,6H2,2H3. The second-order valence-electron chi connectivity index (χ2n) is 3.55. The Kier molecular flexibility index (Phi) is 4.46. The summed E-state index contributed by atoms with van der Waals surface area (Å²) in [6, 6.07) is 3.86. The molecular formula is C12H13FN2O2. The summed E-state index contributed by atoms with van der Waals surface area (Å²) in [7, 11) is 0. The number of benzene rings is 1. The van der Waals surface area contributed by atoms with Crippen LogP contribution < -0.4 is 5.32 Å². The highest BCUT2D eigenvalue weighted by molar-refractivity contribution is 5.62. The van der Waals surface area contributed by atoms with Gasteiger partial charge in [-0.2, -0.15) is 4.39 Å². The van der Waals surface area contributed by atoms with Crippen molar-refractivity contribution in [2.75, 3.05) is 5.32 Å². The second kappa shape index (κ2) is 5.85. The van der Waals surface area contributed by atoms with Gasteiger partial charge < -0.3 is 5.32 Å². The molecule has 0 radical (unpaired) electrons. The van der Waals surface area contributed by atoms with Crippen LogP contribution in [0.15, 0.2) is 18.2 Å². The van der Waals surface area contributed by atoms with Crippen molar-refractivity contribution in [3.05, 3.63) is 34.1 Å². The van der Waals surface area contributed by atoms with Crippen LogP contribution in [0, 0.1) is 28.3 Å². The van der Waals surface area contributed by atoms with Crippen LogP contribution in [0.3, 0.4) is 0 Å². The molecule has 0 spiro atoms. The Labute approximate surface area is 99.0 Å². The van der Waals surface area contributed by atoms with Crippen molar-refractivity contribution < 1.29 is 9.31 Å². The predicted molar refractivity (Wildman–Crippen MR) is 64.2 cm³/mol. The third-order valence-electron chi connectivity index (χ3n) is 2.39. The molecule has 90 valence electrons. The number of nitro groups is 1. The van der Waals surface area contributed by atoms with E-state index in [4.69, 9.17) is 6.42 Å². The Balaban J connectivity index is 3.02. The van der Waals surface area contributed by atoms with E-state index in [-0.39, 0.29) is 11.7 Å². The van der Waals surface area contributed by atoms with Crippen LogP contribution >= 0.6 is 0 Å². The Bertz CT molecular complexity index is 454. The van der Waals surface area contributed by atoms with Gasteiger partial charge in [0.2, 0.25) is 5.82 Å². The molecule has 1 aromatic rings. The normalized spacial score (nSPS) is 11.6. The highest BCUT2D eigenvalue weighted by Gasteiger charge is 2.21. The molecule has 1 aromatic carbocycles. The summed E-state index contributed by atoms with van der Waals surface area (Å²) < 4.78 is 13.3. The van der Waals surface area contributed by atoms with Crippen molar-refractivity contribution in [1.82, 2.24) is 0 Å². The first-order valence-electron chi connectivity index (χ1n) is 5.23. The smallest absolute Gasteiger partial charge is 0.327 e. The van der Waals surface area contributed by atoms with Crippen molar-refractivity contribution >= 4 is 11.4 Å². The van der Waals surface area contributed by atoms with Crippen molar-refractivity contribution in [1.29, 1.82) is 0 Å². The molecule has 0 saturated carbocycles. The van der Waals surface area contributed by atoms with E-state index in [1.165, 1.54) is 12.1 Å². The molecule has 0 saturated heterocycles. The summed E-state index contributed by atoms with van der Waals surface area (Å²) in [5, 5.41) is 13.7. The third-order valence-corrected chi connectivity index (χ3v) is 2.39. The molecule has 1 N–H and O–H groups in total. The molecule has 4 nitrogen and oxygen atoms in total. The van der Waals surface area contributed by atoms with E-state index < -0.39 is 16.4 Å². The van der Waals surface area contributed by atoms with Crippen LogP contribution in [0.25, 0.3) is 0 Å². The van der Waals surface area contributed by atoms with Gasteiger partial charge in [0, 0.05) is 12.5 Å². The van der Waals surface area contributed by atoms with Crippen LogP contribution in [-0.2, 0) is 0 Å². The Morgan fingerprint density at radius 3 is 2.88 bits per heavy atom. The van der Waals surface area contributed by atoms with Gasteiger partial charge in [-0.15, -0.1) is 12.3 Å². The topological polar surface area (TPSA) is 55.2 Å². The molecule has 0 aliphatic carbocycles. The summed E-state index contributed by atoms with van der Waals surface area (Å²) in [6.45, 7) is 1.90. The maximum Gasteiger partial charge on any atom is 0.327 e. The van der Waals surface area contributed by atoms with E-state index >= 15 is 0 Å². The molecule has 17 heavy (non-hydrogen) atoms. The van der Waals surface area contributed by atoms with E-state index in [9.17, 15) is 14.5 Å². The zero-order chi connectivity index (χ0) is 12.8. The number of nitrogens with zero attached hydrogens (tertiary/aromatic N) is 1. The lowest BCUT2D eigenvalue weighted by molar-refractivity contribution is -0.386. The van der Waals surface area contributed by atoms with Gasteiger partial charge in [-0.05, 0) is 18.6 Å². The Morgan fingerprint density at radius 2 is 2.35 bits per heavy atom. The van der Waals surface area contributed by atoms with Gasteiger partial charge in [0.15, 0.2) is 0 Å². The van der Waals surface area contributed by atoms with Crippen LogP contribution in [-0.4, -0.2) is 11.0 Å². The lowest BCUT2D eigenvalue weighted by Gasteiger charge is -2.15. The maximum absolute atomic E-state index is 13.3. The average Bonchev–Trinajstić information content (AvgIpc) is 2.28. The van der Waals surface area contributed by atoms with Crippen molar-refractivity contribution in [2.24, 2.45) is 0 Å². The fraction of sp³-hybridized carbons (Fsp3) is 0.333. The first kappa shape index (κ1) is 13.0. The third kappa shape index (κ3) is 3.18. The number of halogens is 1. The molecule has 0 amide bonds. The van der Waals surface area contributed by atoms with Crippen LogP contribution in [0.5, 0.6) is 0 Å². The van der Waals surface area contributed by atoms with Crippen molar-refractivity contribution in [2.45, 2.75) is 25.8 Å². The van der Waals surface area contributed by atoms with Gasteiger partial charge in [0.25, 0.3) is 0 Å². The second-order valence-corrected chi connectivity index (χ2v) is 3.55. The highest BCUT2D eigenvalue weighted by Crippen LogP contribution is 2.28. The SMILES string of the molecule is C#CCC(CC)Nc1cccc(F)c1[N+](=O)[O-]. The van der Waals surface area contributed by atoms with Gasteiger partial charge in [-0.3, -0.25) is 10.1 Å². The molecule has 0 bridgehead atoms. The monoisotopic (exact) mass is 236 g/mol. The average molecular weight is 236 g/mol. The van der Waals surface area contributed by atoms with Crippen LogP contribution in [0.1, 0.15) is 19.8 Å². The minimum Gasteiger partial charge on any atom is -0.376 e. The van der Waals surface area contributed by atoms with Gasteiger partial charge in [-0.1, -0.05) is 13.0 Å². The number of anilines is 1. The highest BCUT2D eigenvalue weighted by atomic mass is 19.1. The lowest BCUT2D eigenvalue weighted by Crippen LogP contribution is -2.18. The Hall–Kier alpha value is -2.09. The van der Waals surface area contributed by atoms with Crippen LogP contribution in [0.4, 0.5) is 15.8 Å². The molecule has 0 aliphatic heterocycles. The van der Waals surface area contributed by atoms with E-state index in [0.717, 1.165) is 6.07 Å². The van der Waals surface area contributed by atoms with Gasteiger partial charge in [-0.25, -0.2) is 0 Å². The van der Waals surface area contributed by atoms with Crippen molar-refractivity contribution in [3.63, 3.8) is 0 Å². The first-order chi connectivity index (χ1) is 8.10. The molecule has 5 heteroatoms. The fourth-order valence-electron chi connectivity index (χ4n) is 1.48. The summed E-state index contributed by atoms with van der Waals surface area (Å²) in [4.78, 5) is 10.0. The zero-order valence-electron chi connectivity index (χ0n) is 9.44. The molecular weight excluding hydrogens is 223 g/mol. The number of hydrogen-bond donors (Lipinski definition) is 1.